The molecule has 6 nitrogen and oxygen atoms in total. The van der Waals surface area contributed by atoms with Crippen LogP contribution >= 0.6 is 0 Å². The van der Waals surface area contributed by atoms with Crippen LogP contribution in [-0.4, -0.2) is 40.2 Å². The van der Waals surface area contributed by atoms with Gasteiger partial charge in [0.15, 0.2) is 0 Å². The standard InChI is InChI=1S/C25H26F2N4O2/c1-4-20(23(32)31-12-14(11-28)13-31)33-25-9-8-16(24(25,2)3)15-10-19(29-30-22(15)25)21-17(26)6-5-7-18(21)27/h5-7,10,14,16,20H,4,8-9,12-13H2,1-3H3/t16-,20?,25-/m0/s1. The maximum Gasteiger partial charge on any atom is 0.251 e. The highest BCUT2D eigenvalue weighted by Crippen LogP contribution is 2.68. The third kappa shape index (κ3) is 3.02. The molecule has 0 N–H and O–H groups in total. The summed E-state index contributed by atoms with van der Waals surface area (Å²) in [5, 5.41) is 17.7. The molecule has 33 heavy (non-hydrogen) atoms. The normalized spacial score (nSPS) is 25.9. The number of nitrogens with zero attached hydrogens (tertiary/aromatic N) is 4. The molecule has 2 fully saturated rings. The first-order valence-corrected chi connectivity index (χ1v) is 11.4. The van der Waals surface area contributed by atoms with E-state index in [1.54, 1.807) is 11.0 Å². The first-order chi connectivity index (χ1) is 15.7. The van der Waals surface area contributed by atoms with Gasteiger partial charge in [0.2, 0.25) is 0 Å². The summed E-state index contributed by atoms with van der Waals surface area (Å²) < 4.78 is 35.4. The molecule has 5 rings (SSSR count). The van der Waals surface area contributed by atoms with Crippen LogP contribution in [0, 0.1) is 34.3 Å². The zero-order valence-corrected chi connectivity index (χ0v) is 18.9. The summed E-state index contributed by atoms with van der Waals surface area (Å²) in [7, 11) is 0. The third-order valence-corrected chi connectivity index (χ3v) is 7.86. The predicted octanol–water partition coefficient (Wildman–Crippen LogP) is 4.31. The maximum atomic E-state index is 14.4. The van der Waals surface area contributed by atoms with Gasteiger partial charge in [-0.05, 0) is 48.9 Å². The molecule has 2 heterocycles. The number of nitriles is 1. The Morgan fingerprint density at radius 1 is 1.30 bits per heavy atom. The van der Waals surface area contributed by atoms with Gasteiger partial charge in [-0.2, -0.15) is 10.4 Å². The third-order valence-electron chi connectivity index (χ3n) is 7.86. The topological polar surface area (TPSA) is 79.1 Å². The minimum atomic E-state index is -0.803. The van der Waals surface area contributed by atoms with Gasteiger partial charge in [-0.15, -0.1) is 5.10 Å². The van der Waals surface area contributed by atoms with Crippen LogP contribution in [0.2, 0.25) is 0 Å². The summed E-state index contributed by atoms with van der Waals surface area (Å²) in [5.41, 5.74) is 0.351. The summed E-state index contributed by atoms with van der Waals surface area (Å²) in [6, 6.07) is 7.65. The minimum absolute atomic E-state index is 0.0798. The number of carbonyl (C=O) groups excluding carboxylic acids is 1. The van der Waals surface area contributed by atoms with Crippen LogP contribution in [0.1, 0.15) is 57.2 Å². The van der Waals surface area contributed by atoms with Crippen LogP contribution < -0.4 is 0 Å². The molecule has 1 aromatic heterocycles. The quantitative estimate of drug-likeness (QED) is 0.675. The van der Waals surface area contributed by atoms with E-state index in [4.69, 9.17) is 10.00 Å². The number of aromatic nitrogens is 2. The molecule has 172 valence electrons. The molecule has 2 aromatic rings. The minimum Gasteiger partial charge on any atom is -0.355 e. The molecule has 3 atom stereocenters. The number of benzene rings is 1. The van der Waals surface area contributed by atoms with E-state index in [2.05, 4.69) is 30.1 Å². The van der Waals surface area contributed by atoms with Gasteiger partial charge in [-0.1, -0.05) is 26.8 Å². The first-order valence-electron chi connectivity index (χ1n) is 11.4. The molecule has 1 saturated carbocycles. The van der Waals surface area contributed by atoms with Crippen molar-refractivity contribution in [1.82, 2.24) is 15.1 Å². The zero-order chi connectivity index (χ0) is 23.5. The van der Waals surface area contributed by atoms with Crippen LogP contribution in [0.15, 0.2) is 24.3 Å². The molecule has 1 amide bonds. The zero-order valence-electron chi connectivity index (χ0n) is 18.9. The smallest absolute Gasteiger partial charge is 0.251 e. The van der Waals surface area contributed by atoms with Crippen LogP contribution in [-0.2, 0) is 15.1 Å². The van der Waals surface area contributed by atoms with E-state index in [1.165, 1.54) is 18.2 Å². The van der Waals surface area contributed by atoms with E-state index in [1.807, 2.05) is 6.92 Å². The Labute approximate surface area is 191 Å². The Kier molecular flexibility index (Phi) is 5.02. The molecular formula is C25H26F2N4O2. The number of ether oxygens (including phenoxy) is 1. The Morgan fingerprint density at radius 3 is 2.64 bits per heavy atom. The first kappa shape index (κ1) is 21.9. The molecule has 1 aromatic carbocycles. The van der Waals surface area contributed by atoms with Gasteiger partial charge in [0, 0.05) is 18.5 Å². The lowest BCUT2D eigenvalue weighted by Crippen LogP contribution is -2.55. The van der Waals surface area contributed by atoms with Crippen LogP contribution in [0.3, 0.4) is 0 Å². The van der Waals surface area contributed by atoms with Gasteiger partial charge >= 0.3 is 0 Å². The van der Waals surface area contributed by atoms with Crippen molar-refractivity contribution in [3.63, 3.8) is 0 Å². The number of hydrogen-bond acceptors (Lipinski definition) is 5. The van der Waals surface area contributed by atoms with Gasteiger partial charge in [0.1, 0.15) is 23.3 Å². The Hall–Kier alpha value is -2.92. The predicted molar refractivity (Wildman–Crippen MR) is 116 cm³/mol. The van der Waals surface area contributed by atoms with Crippen molar-refractivity contribution in [3.05, 3.63) is 47.2 Å². The average molecular weight is 453 g/mol. The second kappa shape index (κ2) is 7.56. The largest absolute Gasteiger partial charge is 0.355 e. The van der Waals surface area contributed by atoms with E-state index < -0.39 is 23.3 Å². The SMILES string of the molecule is CCC(O[C@@]12CC[C@@H](c3cc(-c4c(F)cccc4F)nnc31)C2(C)C)C(=O)N1CC(C#N)C1. The molecule has 0 spiro atoms. The van der Waals surface area contributed by atoms with Gasteiger partial charge in [-0.3, -0.25) is 4.79 Å². The van der Waals surface area contributed by atoms with Crippen molar-refractivity contribution < 1.29 is 18.3 Å². The number of hydrogen-bond donors (Lipinski definition) is 0. The number of likely N-dealkylation sites (tertiary alicyclic amines) is 1. The monoisotopic (exact) mass is 452 g/mol. The lowest BCUT2D eigenvalue weighted by Gasteiger charge is -2.43. The van der Waals surface area contributed by atoms with Crippen molar-refractivity contribution in [3.8, 4) is 17.3 Å². The summed E-state index contributed by atoms with van der Waals surface area (Å²) in [4.78, 5) is 14.8. The van der Waals surface area contributed by atoms with Crippen molar-refractivity contribution in [2.45, 2.75) is 57.7 Å². The van der Waals surface area contributed by atoms with Crippen LogP contribution in [0.25, 0.3) is 11.3 Å². The van der Waals surface area contributed by atoms with E-state index in [9.17, 15) is 13.6 Å². The number of halogens is 2. The molecule has 0 radical (unpaired) electrons. The molecular weight excluding hydrogens is 426 g/mol. The van der Waals surface area contributed by atoms with E-state index in [0.717, 1.165) is 12.0 Å². The lowest BCUT2D eigenvalue weighted by atomic mass is 9.77. The Balaban J connectivity index is 1.51. The van der Waals surface area contributed by atoms with Crippen molar-refractivity contribution in [1.29, 1.82) is 5.26 Å². The van der Waals surface area contributed by atoms with Crippen molar-refractivity contribution in [2.24, 2.45) is 11.3 Å². The lowest BCUT2D eigenvalue weighted by molar-refractivity contribution is -0.179. The van der Waals surface area contributed by atoms with Gasteiger partial charge < -0.3 is 9.64 Å². The molecule has 8 heteroatoms. The maximum absolute atomic E-state index is 14.4. The van der Waals surface area contributed by atoms with Gasteiger partial charge in [0.05, 0.1) is 28.9 Å². The van der Waals surface area contributed by atoms with Crippen molar-refractivity contribution >= 4 is 5.91 Å². The number of rotatable bonds is 5. The molecule has 1 aliphatic heterocycles. The Morgan fingerprint density at radius 2 is 2.00 bits per heavy atom. The second-order valence-corrected chi connectivity index (χ2v) is 9.85. The fraction of sp³-hybridized carbons (Fsp3) is 0.520. The highest BCUT2D eigenvalue weighted by molar-refractivity contribution is 5.82. The summed E-state index contributed by atoms with van der Waals surface area (Å²) in [6.07, 6.45) is 1.37. The van der Waals surface area contributed by atoms with Crippen LogP contribution in [0.5, 0.6) is 0 Å². The highest BCUT2D eigenvalue weighted by Gasteiger charge is 2.65. The summed E-state index contributed by atoms with van der Waals surface area (Å²) in [5.74, 6) is -1.51. The van der Waals surface area contributed by atoms with E-state index in [0.29, 0.717) is 31.6 Å². The molecule has 3 aliphatic rings. The fourth-order valence-corrected chi connectivity index (χ4v) is 5.89. The highest BCUT2D eigenvalue weighted by atomic mass is 19.1. The number of carbonyl (C=O) groups is 1. The molecule has 1 saturated heterocycles. The molecule has 2 bridgehead atoms. The average Bonchev–Trinajstić information content (AvgIpc) is 3.11. The number of fused-ring (bicyclic) bond motifs is 5. The molecule has 2 aliphatic carbocycles. The summed E-state index contributed by atoms with van der Waals surface area (Å²) >= 11 is 0. The van der Waals surface area contributed by atoms with Crippen molar-refractivity contribution in [2.75, 3.05) is 13.1 Å². The summed E-state index contributed by atoms with van der Waals surface area (Å²) in [6.45, 7) is 6.97. The van der Waals surface area contributed by atoms with Gasteiger partial charge in [-0.25, -0.2) is 8.78 Å². The van der Waals surface area contributed by atoms with E-state index >= 15 is 0 Å². The Bertz CT molecular complexity index is 1150. The van der Waals surface area contributed by atoms with E-state index in [-0.39, 0.29) is 34.4 Å². The molecule has 1 unspecified atom stereocenters. The number of amides is 1. The second-order valence-electron chi connectivity index (χ2n) is 9.85. The van der Waals surface area contributed by atoms with Crippen LogP contribution in [0.4, 0.5) is 8.78 Å². The fourth-order valence-electron chi connectivity index (χ4n) is 5.89. The van der Waals surface area contributed by atoms with Gasteiger partial charge in [0.25, 0.3) is 5.91 Å².